The van der Waals surface area contributed by atoms with E-state index in [1.54, 1.807) is 5.57 Å². The first kappa shape index (κ1) is 20.3. The van der Waals surface area contributed by atoms with Crippen molar-refractivity contribution in [1.29, 1.82) is 0 Å². The van der Waals surface area contributed by atoms with Crippen LogP contribution in [0.5, 0.6) is 0 Å². The molecule has 0 radical (unpaired) electrons. The molecule has 0 saturated heterocycles. The van der Waals surface area contributed by atoms with Crippen LogP contribution in [-0.4, -0.2) is 7.05 Å². The van der Waals surface area contributed by atoms with Crippen molar-refractivity contribution < 1.29 is 0 Å². The molecule has 1 heteroatoms. The van der Waals surface area contributed by atoms with E-state index in [9.17, 15) is 0 Å². The smallest absolute Gasteiger partial charge is 0.0326 e. The van der Waals surface area contributed by atoms with E-state index >= 15 is 0 Å². The summed E-state index contributed by atoms with van der Waals surface area (Å²) in [5.41, 5.74) is 3.07. The van der Waals surface area contributed by atoms with Gasteiger partial charge in [-0.15, -0.1) is 0 Å². The van der Waals surface area contributed by atoms with Gasteiger partial charge in [-0.1, -0.05) is 58.3 Å². The molecule has 25 heavy (non-hydrogen) atoms. The van der Waals surface area contributed by atoms with Gasteiger partial charge in [-0.2, -0.15) is 0 Å². The molecule has 4 atom stereocenters. The predicted molar refractivity (Wildman–Crippen MR) is 112 cm³/mol. The van der Waals surface area contributed by atoms with E-state index in [1.807, 2.05) is 0 Å². The van der Waals surface area contributed by atoms with Crippen LogP contribution in [0.15, 0.2) is 35.6 Å². The summed E-state index contributed by atoms with van der Waals surface area (Å²) in [5.74, 6) is 3.30. The third kappa shape index (κ3) is 6.35. The van der Waals surface area contributed by atoms with Crippen molar-refractivity contribution in [2.45, 2.75) is 85.0 Å². The van der Waals surface area contributed by atoms with Crippen molar-refractivity contribution >= 4 is 0 Å². The van der Waals surface area contributed by atoms with Crippen LogP contribution in [0.3, 0.4) is 0 Å². The predicted octanol–water partition coefficient (Wildman–Crippen LogP) is 7.03. The molecule has 0 aromatic heterocycles. The van der Waals surface area contributed by atoms with E-state index in [1.165, 1.54) is 69.9 Å². The average Bonchev–Trinajstić information content (AvgIpc) is 2.83. The monoisotopic (exact) mass is 343 g/mol. The Morgan fingerprint density at radius 3 is 2.76 bits per heavy atom. The Hall–Kier alpha value is -0.980. The average molecular weight is 344 g/mol. The lowest BCUT2D eigenvalue weighted by atomic mass is 9.84. The van der Waals surface area contributed by atoms with Crippen LogP contribution < -0.4 is 5.32 Å². The lowest BCUT2D eigenvalue weighted by Gasteiger charge is -2.22. The molecule has 0 aliphatic heterocycles. The molecule has 0 amide bonds. The van der Waals surface area contributed by atoms with Gasteiger partial charge in [0.2, 0.25) is 0 Å². The highest BCUT2D eigenvalue weighted by Crippen LogP contribution is 2.42. The Bertz CT molecular complexity index is 470. The van der Waals surface area contributed by atoms with E-state index in [2.05, 4.69) is 57.4 Å². The minimum absolute atomic E-state index is 0.785. The van der Waals surface area contributed by atoms with Crippen LogP contribution in [0.2, 0.25) is 0 Å². The van der Waals surface area contributed by atoms with E-state index in [0.717, 1.165) is 23.7 Å². The summed E-state index contributed by atoms with van der Waals surface area (Å²) >= 11 is 0. The summed E-state index contributed by atoms with van der Waals surface area (Å²) in [6.07, 6.45) is 23.1. The Balaban J connectivity index is 1.86. The molecule has 2 rings (SSSR count). The van der Waals surface area contributed by atoms with Gasteiger partial charge in [0.25, 0.3) is 0 Å². The van der Waals surface area contributed by atoms with Gasteiger partial charge in [0.05, 0.1) is 0 Å². The normalized spacial score (nSPS) is 30.2. The summed E-state index contributed by atoms with van der Waals surface area (Å²) in [7, 11) is 2.08. The minimum Gasteiger partial charge on any atom is -0.388 e. The van der Waals surface area contributed by atoms with Crippen LogP contribution >= 0.6 is 0 Å². The van der Waals surface area contributed by atoms with Crippen molar-refractivity contribution in [2.24, 2.45) is 23.7 Å². The first-order chi connectivity index (χ1) is 12.2. The van der Waals surface area contributed by atoms with Crippen molar-refractivity contribution in [3.63, 3.8) is 0 Å². The highest BCUT2D eigenvalue weighted by atomic mass is 14.8. The Labute approximate surface area is 157 Å². The molecule has 142 valence electrons. The van der Waals surface area contributed by atoms with Crippen LogP contribution in [0, 0.1) is 23.7 Å². The standard InChI is InChI=1S/C24H41N/c1-5-6-7-8-9-10-13-21-15-16-22(20(21)3)18-23-17-19(2)12-11-14-24(23)25-4/h10-11,13-14,19-22,25H,5-9,12,15-18H2,1-4H3/b13-10+/t19-,20?,21+,22-/m1/s1. The van der Waals surface area contributed by atoms with Gasteiger partial charge in [0.1, 0.15) is 0 Å². The fraction of sp³-hybridized carbons (Fsp3) is 0.750. The highest BCUT2D eigenvalue weighted by Gasteiger charge is 2.32. The molecular weight excluding hydrogens is 302 g/mol. The second-order valence-corrected chi connectivity index (χ2v) is 8.56. The van der Waals surface area contributed by atoms with E-state index < -0.39 is 0 Å². The summed E-state index contributed by atoms with van der Waals surface area (Å²) in [5, 5.41) is 3.45. The molecule has 1 nitrogen and oxygen atoms in total. The maximum absolute atomic E-state index is 3.45. The number of allylic oxidation sites excluding steroid dienone is 5. The summed E-state index contributed by atoms with van der Waals surface area (Å²) in [4.78, 5) is 0. The molecule has 2 aliphatic carbocycles. The van der Waals surface area contributed by atoms with Crippen molar-refractivity contribution in [3.05, 3.63) is 35.6 Å². The Kier molecular flexibility index (Phi) is 8.85. The van der Waals surface area contributed by atoms with E-state index in [0.29, 0.717) is 0 Å². The Morgan fingerprint density at radius 1 is 1.16 bits per heavy atom. The van der Waals surface area contributed by atoms with Crippen LogP contribution in [-0.2, 0) is 0 Å². The van der Waals surface area contributed by atoms with Gasteiger partial charge in [0, 0.05) is 12.7 Å². The second-order valence-electron chi connectivity index (χ2n) is 8.56. The lowest BCUT2D eigenvalue weighted by Crippen LogP contribution is -2.14. The van der Waals surface area contributed by atoms with Crippen molar-refractivity contribution in [3.8, 4) is 0 Å². The second kappa shape index (κ2) is 10.9. The number of nitrogens with one attached hydrogen (secondary N) is 1. The van der Waals surface area contributed by atoms with Crippen molar-refractivity contribution in [1.82, 2.24) is 5.32 Å². The zero-order valence-corrected chi connectivity index (χ0v) is 17.2. The highest BCUT2D eigenvalue weighted by molar-refractivity contribution is 5.27. The third-order valence-corrected chi connectivity index (χ3v) is 6.47. The molecule has 0 aromatic carbocycles. The SMILES string of the molecule is CCCCCC/C=C/[C@H]1CC[C@H](CC2=C(NC)C=CC[C@@H](C)C2)C1C. The fourth-order valence-electron chi connectivity index (χ4n) is 4.72. The molecule has 0 aromatic rings. The third-order valence-electron chi connectivity index (χ3n) is 6.47. The molecule has 0 bridgehead atoms. The maximum atomic E-state index is 3.45. The van der Waals surface area contributed by atoms with Gasteiger partial charge in [0.15, 0.2) is 0 Å². The summed E-state index contributed by atoms with van der Waals surface area (Å²) in [6.45, 7) is 7.18. The van der Waals surface area contributed by atoms with Gasteiger partial charge >= 0.3 is 0 Å². The number of hydrogen-bond acceptors (Lipinski definition) is 1. The van der Waals surface area contributed by atoms with E-state index in [-0.39, 0.29) is 0 Å². The molecular formula is C24H41N. The molecule has 0 heterocycles. The lowest BCUT2D eigenvalue weighted by molar-refractivity contribution is 0.368. The molecule has 1 saturated carbocycles. The zero-order valence-electron chi connectivity index (χ0n) is 17.2. The van der Waals surface area contributed by atoms with Crippen molar-refractivity contribution in [2.75, 3.05) is 7.05 Å². The number of rotatable bonds is 9. The number of likely N-dealkylation sites (N-methyl/N-ethyl adjacent to an activating group) is 1. The van der Waals surface area contributed by atoms with Gasteiger partial charge in [-0.25, -0.2) is 0 Å². The first-order valence-corrected chi connectivity index (χ1v) is 10.9. The number of hydrogen-bond donors (Lipinski definition) is 1. The van der Waals surface area contributed by atoms with E-state index in [4.69, 9.17) is 0 Å². The zero-order chi connectivity index (χ0) is 18.1. The van der Waals surface area contributed by atoms with Crippen LogP contribution in [0.25, 0.3) is 0 Å². The molecule has 2 aliphatic rings. The number of unbranched alkanes of at least 4 members (excludes halogenated alkanes) is 4. The largest absolute Gasteiger partial charge is 0.388 e. The molecule has 1 fully saturated rings. The fourth-order valence-corrected chi connectivity index (χ4v) is 4.72. The summed E-state index contributed by atoms with van der Waals surface area (Å²) in [6, 6.07) is 0. The molecule has 1 N–H and O–H groups in total. The van der Waals surface area contributed by atoms with Gasteiger partial charge in [-0.3, -0.25) is 0 Å². The summed E-state index contributed by atoms with van der Waals surface area (Å²) < 4.78 is 0. The van der Waals surface area contributed by atoms with Crippen LogP contribution in [0.1, 0.15) is 85.0 Å². The Morgan fingerprint density at radius 2 is 2.00 bits per heavy atom. The van der Waals surface area contributed by atoms with Crippen LogP contribution in [0.4, 0.5) is 0 Å². The van der Waals surface area contributed by atoms with Gasteiger partial charge in [-0.05, 0) is 80.3 Å². The minimum atomic E-state index is 0.785. The molecule has 1 unspecified atom stereocenters. The first-order valence-electron chi connectivity index (χ1n) is 10.9. The maximum Gasteiger partial charge on any atom is 0.0326 e. The molecule has 0 spiro atoms. The van der Waals surface area contributed by atoms with Gasteiger partial charge < -0.3 is 5.32 Å². The quantitative estimate of drug-likeness (QED) is 0.350. The topological polar surface area (TPSA) is 12.0 Å².